The van der Waals surface area contributed by atoms with Crippen LogP contribution in [0.3, 0.4) is 0 Å². The van der Waals surface area contributed by atoms with Gasteiger partial charge in [-0.2, -0.15) is 0 Å². The van der Waals surface area contributed by atoms with Crippen LogP contribution in [0.2, 0.25) is 0 Å². The molecule has 0 bridgehead atoms. The van der Waals surface area contributed by atoms with E-state index in [2.05, 4.69) is 15.2 Å². The fourth-order valence-electron chi connectivity index (χ4n) is 1.88. The highest BCUT2D eigenvalue weighted by Gasteiger charge is 2.41. The number of carbonyl (C=O) groups is 1. The molecule has 88 valence electrons. The Labute approximate surface area is 97.6 Å². The number of hydrogen-bond acceptors (Lipinski definition) is 5. The van der Waals surface area contributed by atoms with Crippen LogP contribution in [0.5, 0.6) is 0 Å². The van der Waals surface area contributed by atoms with Gasteiger partial charge in [0.25, 0.3) is 0 Å². The van der Waals surface area contributed by atoms with Gasteiger partial charge in [-0.25, -0.2) is 4.98 Å². The fraction of sp³-hybridized carbons (Fsp3) is 0.667. The highest BCUT2D eigenvalue weighted by Crippen LogP contribution is 2.37. The zero-order chi connectivity index (χ0) is 11.8. The Balaban J connectivity index is 1.97. The molecular weight excluding hydrogens is 226 g/mol. The van der Waals surface area contributed by atoms with Crippen LogP contribution in [-0.4, -0.2) is 31.9 Å². The van der Waals surface area contributed by atoms with E-state index in [1.54, 1.807) is 11.8 Å². The third-order valence-corrected chi connectivity index (χ3v) is 3.97. The third-order valence-electron chi connectivity index (χ3n) is 2.84. The number of amides is 1. The monoisotopic (exact) mass is 241 g/mol. The lowest BCUT2D eigenvalue weighted by Crippen LogP contribution is -2.50. The maximum atomic E-state index is 11.2. The van der Waals surface area contributed by atoms with E-state index in [1.165, 1.54) is 0 Å². The van der Waals surface area contributed by atoms with E-state index in [9.17, 15) is 4.79 Å². The quantitative estimate of drug-likeness (QED) is 0.686. The minimum absolute atomic E-state index is 0.271. The van der Waals surface area contributed by atoms with Gasteiger partial charge in [0.1, 0.15) is 5.82 Å². The van der Waals surface area contributed by atoms with Crippen LogP contribution in [0.4, 0.5) is 0 Å². The van der Waals surface area contributed by atoms with Gasteiger partial charge in [-0.1, -0.05) is 11.8 Å². The molecule has 0 saturated heterocycles. The standard InChI is InChI=1S/C9H15N5OS/c1-5-12-8(14-13-5)16-6-2-3-9(11,4-6)7(10)15/h6H,2-4,11H2,1H3,(H2,10,15)(H,12,13,14). The maximum absolute atomic E-state index is 11.2. The fourth-order valence-corrected chi connectivity index (χ4v) is 3.08. The second-order valence-electron chi connectivity index (χ2n) is 4.21. The summed E-state index contributed by atoms with van der Waals surface area (Å²) in [7, 11) is 0. The van der Waals surface area contributed by atoms with Crippen molar-refractivity contribution in [3.05, 3.63) is 5.82 Å². The molecule has 6 nitrogen and oxygen atoms in total. The first-order valence-electron chi connectivity index (χ1n) is 5.14. The highest BCUT2D eigenvalue weighted by atomic mass is 32.2. The second kappa shape index (κ2) is 4.06. The number of H-pyrrole nitrogens is 1. The Morgan fingerprint density at radius 1 is 1.69 bits per heavy atom. The van der Waals surface area contributed by atoms with Gasteiger partial charge in [0.15, 0.2) is 0 Å². The number of aryl methyl sites for hydroxylation is 1. The van der Waals surface area contributed by atoms with Crippen LogP contribution in [0, 0.1) is 6.92 Å². The lowest BCUT2D eigenvalue weighted by molar-refractivity contribution is -0.122. The van der Waals surface area contributed by atoms with Gasteiger partial charge < -0.3 is 11.5 Å². The Kier molecular flexibility index (Phi) is 2.90. The molecule has 0 spiro atoms. The minimum Gasteiger partial charge on any atom is -0.368 e. The SMILES string of the molecule is Cc1nc(SC2CCC(N)(C(N)=O)C2)n[nH]1. The Hall–Kier alpha value is -1.08. The van der Waals surface area contributed by atoms with Crippen molar-refractivity contribution in [3.8, 4) is 0 Å². The second-order valence-corrected chi connectivity index (χ2v) is 5.47. The number of hydrogen-bond donors (Lipinski definition) is 3. The summed E-state index contributed by atoms with van der Waals surface area (Å²) in [5.74, 6) is 0.371. The molecule has 2 rings (SSSR count). The Bertz CT molecular complexity index is 406. The van der Waals surface area contributed by atoms with E-state index in [1.807, 2.05) is 6.92 Å². The molecule has 1 saturated carbocycles. The van der Waals surface area contributed by atoms with Gasteiger partial charge in [-0.05, 0) is 26.2 Å². The molecule has 0 aromatic carbocycles. The Morgan fingerprint density at radius 2 is 2.44 bits per heavy atom. The van der Waals surface area contributed by atoms with Crippen LogP contribution >= 0.6 is 11.8 Å². The summed E-state index contributed by atoms with van der Waals surface area (Å²) in [5.41, 5.74) is 10.4. The molecule has 0 radical (unpaired) electrons. The molecule has 1 aromatic rings. The summed E-state index contributed by atoms with van der Waals surface area (Å²) in [5, 5.41) is 7.80. The summed E-state index contributed by atoms with van der Waals surface area (Å²) in [4.78, 5) is 15.4. The minimum atomic E-state index is -0.844. The number of primary amides is 1. The van der Waals surface area contributed by atoms with E-state index in [0.29, 0.717) is 18.0 Å². The molecule has 7 heteroatoms. The van der Waals surface area contributed by atoms with Crippen molar-refractivity contribution in [3.63, 3.8) is 0 Å². The van der Waals surface area contributed by atoms with Gasteiger partial charge in [0.2, 0.25) is 11.1 Å². The van der Waals surface area contributed by atoms with Crippen LogP contribution in [0.1, 0.15) is 25.1 Å². The molecule has 1 aliphatic rings. The highest BCUT2D eigenvalue weighted by molar-refractivity contribution is 7.99. The number of carbonyl (C=O) groups excluding carboxylic acids is 1. The van der Waals surface area contributed by atoms with Gasteiger partial charge in [0.05, 0.1) is 5.54 Å². The summed E-state index contributed by atoms with van der Waals surface area (Å²) >= 11 is 1.55. The van der Waals surface area contributed by atoms with E-state index in [4.69, 9.17) is 11.5 Å². The lowest BCUT2D eigenvalue weighted by Gasteiger charge is -2.18. The molecule has 0 aliphatic heterocycles. The zero-order valence-corrected chi connectivity index (χ0v) is 9.88. The van der Waals surface area contributed by atoms with Crippen LogP contribution < -0.4 is 11.5 Å². The van der Waals surface area contributed by atoms with E-state index >= 15 is 0 Å². The Morgan fingerprint density at radius 3 is 2.94 bits per heavy atom. The molecular formula is C9H15N5OS. The molecule has 2 atom stereocenters. The van der Waals surface area contributed by atoms with Crippen molar-refractivity contribution in [2.75, 3.05) is 0 Å². The van der Waals surface area contributed by atoms with Crippen LogP contribution in [0.25, 0.3) is 0 Å². The molecule has 1 aromatic heterocycles. The smallest absolute Gasteiger partial charge is 0.237 e. The summed E-state index contributed by atoms with van der Waals surface area (Å²) in [6.07, 6.45) is 2.11. The van der Waals surface area contributed by atoms with Crippen molar-refractivity contribution < 1.29 is 4.79 Å². The number of nitrogens with zero attached hydrogens (tertiary/aromatic N) is 2. The third kappa shape index (κ3) is 2.19. The average Bonchev–Trinajstić information content (AvgIpc) is 2.75. The van der Waals surface area contributed by atoms with Crippen molar-refractivity contribution >= 4 is 17.7 Å². The number of thioether (sulfide) groups is 1. The van der Waals surface area contributed by atoms with Crippen molar-refractivity contribution in [1.82, 2.24) is 15.2 Å². The first-order valence-corrected chi connectivity index (χ1v) is 6.02. The van der Waals surface area contributed by atoms with Crippen molar-refractivity contribution in [2.24, 2.45) is 11.5 Å². The first kappa shape index (κ1) is 11.4. The summed E-state index contributed by atoms with van der Waals surface area (Å²) in [6.45, 7) is 1.85. The van der Waals surface area contributed by atoms with Crippen molar-refractivity contribution in [2.45, 2.75) is 42.1 Å². The zero-order valence-electron chi connectivity index (χ0n) is 9.06. The normalized spacial score (nSPS) is 29.5. The molecule has 1 amide bonds. The number of nitrogens with one attached hydrogen (secondary N) is 1. The molecule has 5 N–H and O–H groups in total. The van der Waals surface area contributed by atoms with Gasteiger partial charge in [0, 0.05) is 5.25 Å². The molecule has 1 aliphatic carbocycles. The van der Waals surface area contributed by atoms with E-state index in [0.717, 1.165) is 12.2 Å². The first-order chi connectivity index (χ1) is 7.49. The predicted molar refractivity (Wildman–Crippen MR) is 60.7 cm³/mol. The number of aromatic amines is 1. The number of rotatable bonds is 3. The van der Waals surface area contributed by atoms with E-state index < -0.39 is 11.4 Å². The van der Waals surface area contributed by atoms with Gasteiger partial charge >= 0.3 is 0 Å². The van der Waals surface area contributed by atoms with E-state index in [-0.39, 0.29) is 5.25 Å². The lowest BCUT2D eigenvalue weighted by atomic mass is 9.99. The molecule has 1 heterocycles. The summed E-state index contributed by atoms with van der Waals surface area (Å²) in [6, 6.07) is 0. The molecule has 2 unspecified atom stereocenters. The van der Waals surface area contributed by atoms with Gasteiger partial charge in [-0.15, -0.1) is 5.10 Å². The predicted octanol–water partition coefficient (Wildman–Crippen LogP) is -0.0595. The van der Waals surface area contributed by atoms with Crippen LogP contribution in [0.15, 0.2) is 5.16 Å². The topological polar surface area (TPSA) is 111 Å². The van der Waals surface area contributed by atoms with Gasteiger partial charge in [-0.3, -0.25) is 9.89 Å². The average molecular weight is 241 g/mol. The molecule has 1 fully saturated rings. The van der Waals surface area contributed by atoms with Crippen LogP contribution in [-0.2, 0) is 4.79 Å². The number of aromatic nitrogens is 3. The summed E-state index contributed by atoms with van der Waals surface area (Å²) < 4.78 is 0. The number of nitrogens with two attached hydrogens (primary N) is 2. The van der Waals surface area contributed by atoms with Crippen molar-refractivity contribution in [1.29, 1.82) is 0 Å². The molecule has 16 heavy (non-hydrogen) atoms. The largest absolute Gasteiger partial charge is 0.368 e. The maximum Gasteiger partial charge on any atom is 0.237 e.